The van der Waals surface area contributed by atoms with Gasteiger partial charge in [-0.05, 0) is 37.6 Å². The molecule has 1 atom stereocenters. The van der Waals surface area contributed by atoms with E-state index in [1.165, 1.54) is 12.1 Å². The van der Waals surface area contributed by atoms with Crippen LogP contribution in [0.2, 0.25) is 0 Å². The molecule has 1 aromatic heterocycles. The number of aliphatic imine (C=N–C) groups is 1. The molecule has 1 aliphatic rings. The lowest BCUT2D eigenvalue weighted by molar-refractivity contribution is 0.0170. The Morgan fingerprint density at radius 1 is 1.17 bits per heavy atom. The zero-order chi connectivity index (χ0) is 19.9. The predicted molar refractivity (Wildman–Crippen MR) is 123 cm³/mol. The Bertz CT molecular complexity index is 788. The van der Waals surface area contributed by atoms with Crippen LogP contribution in [0.25, 0.3) is 0 Å². The summed E-state index contributed by atoms with van der Waals surface area (Å²) in [5.74, 6) is 2.32. The lowest BCUT2D eigenvalue weighted by atomic mass is 10.0. The van der Waals surface area contributed by atoms with Crippen LogP contribution in [0, 0.1) is 19.7 Å². The first-order chi connectivity index (χ1) is 13.6. The molecule has 0 spiro atoms. The summed E-state index contributed by atoms with van der Waals surface area (Å²) < 4.78 is 24.4. The molecule has 0 amide bonds. The van der Waals surface area contributed by atoms with E-state index >= 15 is 0 Å². The fraction of sp³-hybridized carbons (Fsp3) is 0.476. The molecule has 0 saturated carbocycles. The zero-order valence-corrected chi connectivity index (χ0v) is 19.5. The van der Waals surface area contributed by atoms with Gasteiger partial charge in [0, 0.05) is 38.8 Å². The number of ether oxygens (including phenoxy) is 1. The molecule has 160 valence electrons. The van der Waals surface area contributed by atoms with Gasteiger partial charge >= 0.3 is 0 Å². The van der Waals surface area contributed by atoms with Gasteiger partial charge < -0.3 is 19.8 Å². The van der Waals surface area contributed by atoms with Crippen molar-refractivity contribution in [1.29, 1.82) is 0 Å². The van der Waals surface area contributed by atoms with Crippen molar-refractivity contribution in [3.8, 4) is 0 Å². The molecular weight excluding hydrogens is 486 g/mol. The van der Waals surface area contributed by atoms with Crippen LogP contribution in [0.5, 0.6) is 0 Å². The van der Waals surface area contributed by atoms with Gasteiger partial charge in [0.05, 0.1) is 19.3 Å². The Balaban J connectivity index is 0.00000300. The van der Waals surface area contributed by atoms with Crippen LogP contribution >= 0.6 is 24.0 Å². The molecule has 1 fully saturated rings. The van der Waals surface area contributed by atoms with Gasteiger partial charge in [0.25, 0.3) is 0 Å². The monoisotopic (exact) mass is 516 g/mol. The Kier molecular flexibility index (Phi) is 9.38. The minimum Gasteiger partial charge on any atom is -0.466 e. The van der Waals surface area contributed by atoms with E-state index in [1.54, 1.807) is 7.05 Å². The Morgan fingerprint density at radius 3 is 2.45 bits per heavy atom. The summed E-state index contributed by atoms with van der Waals surface area (Å²) in [7, 11) is 1.75. The minimum absolute atomic E-state index is 0. The van der Waals surface area contributed by atoms with Crippen LogP contribution in [-0.2, 0) is 11.3 Å². The largest absolute Gasteiger partial charge is 0.466 e. The van der Waals surface area contributed by atoms with Crippen LogP contribution in [0.4, 0.5) is 4.39 Å². The molecule has 2 N–H and O–H groups in total. The number of benzene rings is 1. The van der Waals surface area contributed by atoms with Crippen LogP contribution < -0.4 is 10.6 Å². The molecule has 29 heavy (non-hydrogen) atoms. The first kappa shape index (κ1) is 23.6. The van der Waals surface area contributed by atoms with E-state index in [0.717, 1.165) is 41.7 Å². The Morgan fingerprint density at radius 2 is 1.86 bits per heavy atom. The number of nitrogens with zero attached hydrogens (tertiary/aromatic N) is 2. The van der Waals surface area contributed by atoms with Crippen molar-refractivity contribution in [2.75, 3.05) is 39.9 Å². The molecule has 1 aromatic carbocycles. The van der Waals surface area contributed by atoms with E-state index in [4.69, 9.17) is 9.15 Å². The Labute approximate surface area is 188 Å². The highest BCUT2D eigenvalue weighted by Gasteiger charge is 2.23. The lowest BCUT2D eigenvalue weighted by Gasteiger charge is -2.35. The maximum Gasteiger partial charge on any atom is 0.191 e. The van der Waals surface area contributed by atoms with Crippen molar-refractivity contribution in [3.63, 3.8) is 0 Å². The van der Waals surface area contributed by atoms with Gasteiger partial charge in [-0.2, -0.15) is 0 Å². The minimum atomic E-state index is -0.222. The van der Waals surface area contributed by atoms with Gasteiger partial charge in [-0.1, -0.05) is 12.1 Å². The molecule has 6 nitrogen and oxygen atoms in total. The van der Waals surface area contributed by atoms with Crippen LogP contribution in [-0.4, -0.2) is 50.8 Å². The summed E-state index contributed by atoms with van der Waals surface area (Å²) in [5.41, 5.74) is 2.19. The summed E-state index contributed by atoms with van der Waals surface area (Å²) in [6, 6.07) is 8.88. The van der Waals surface area contributed by atoms with E-state index in [1.807, 2.05) is 32.0 Å². The second kappa shape index (κ2) is 11.5. The molecule has 2 heterocycles. The summed E-state index contributed by atoms with van der Waals surface area (Å²) in [4.78, 5) is 6.69. The lowest BCUT2D eigenvalue weighted by Crippen LogP contribution is -2.46. The van der Waals surface area contributed by atoms with Crippen molar-refractivity contribution >= 4 is 29.9 Å². The fourth-order valence-electron chi connectivity index (χ4n) is 3.48. The van der Waals surface area contributed by atoms with Crippen molar-refractivity contribution in [2.24, 2.45) is 4.99 Å². The third kappa shape index (κ3) is 6.68. The topological polar surface area (TPSA) is 62.0 Å². The van der Waals surface area contributed by atoms with Gasteiger partial charge in [0.15, 0.2) is 5.96 Å². The molecule has 2 aromatic rings. The van der Waals surface area contributed by atoms with Gasteiger partial charge in [-0.15, -0.1) is 24.0 Å². The van der Waals surface area contributed by atoms with Crippen molar-refractivity contribution in [3.05, 3.63) is 58.8 Å². The second-order valence-corrected chi connectivity index (χ2v) is 6.96. The van der Waals surface area contributed by atoms with E-state index in [-0.39, 0.29) is 35.8 Å². The standard InChI is InChI=1S/C21H29FN4O2.HI/c1-15-12-18(16(2)28-15)13-24-21(23-3)25-14-20(26-8-10-27-11-9-26)17-4-6-19(22)7-5-17;/h4-7,12,20H,8-11,13-14H2,1-3H3,(H2,23,24,25);1H. The zero-order valence-electron chi connectivity index (χ0n) is 17.2. The summed E-state index contributed by atoms with van der Waals surface area (Å²) >= 11 is 0. The molecule has 1 aliphatic heterocycles. The second-order valence-electron chi connectivity index (χ2n) is 6.96. The number of hydrogen-bond donors (Lipinski definition) is 2. The highest BCUT2D eigenvalue weighted by atomic mass is 127. The molecule has 1 saturated heterocycles. The SMILES string of the molecule is CN=C(NCc1cc(C)oc1C)NCC(c1ccc(F)cc1)N1CCOCC1.I. The molecule has 0 bridgehead atoms. The molecule has 0 radical (unpaired) electrons. The maximum atomic E-state index is 13.4. The normalized spacial score (nSPS) is 16.2. The predicted octanol–water partition coefficient (Wildman–Crippen LogP) is 3.39. The first-order valence-electron chi connectivity index (χ1n) is 9.64. The quantitative estimate of drug-likeness (QED) is 0.350. The number of halogens is 2. The van der Waals surface area contributed by atoms with Crippen LogP contribution in [0.1, 0.15) is 28.7 Å². The van der Waals surface area contributed by atoms with Crippen LogP contribution in [0.15, 0.2) is 39.7 Å². The average molecular weight is 516 g/mol. The van der Waals surface area contributed by atoms with E-state index < -0.39 is 0 Å². The smallest absolute Gasteiger partial charge is 0.191 e. The summed E-state index contributed by atoms with van der Waals surface area (Å²) in [6.45, 7) is 8.33. The number of furan rings is 1. The number of aryl methyl sites for hydroxylation is 2. The van der Waals surface area contributed by atoms with Crippen molar-refractivity contribution in [1.82, 2.24) is 15.5 Å². The van der Waals surface area contributed by atoms with E-state index in [9.17, 15) is 4.39 Å². The molecule has 1 unspecified atom stereocenters. The Hall–Kier alpha value is -1.65. The summed E-state index contributed by atoms with van der Waals surface area (Å²) in [5, 5.41) is 6.74. The molecule has 8 heteroatoms. The highest BCUT2D eigenvalue weighted by molar-refractivity contribution is 14.0. The van der Waals surface area contributed by atoms with Gasteiger partial charge in [0.1, 0.15) is 17.3 Å². The molecule has 3 rings (SSSR count). The number of nitrogens with one attached hydrogen (secondary N) is 2. The number of hydrogen-bond acceptors (Lipinski definition) is 4. The number of rotatable bonds is 6. The van der Waals surface area contributed by atoms with E-state index in [0.29, 0.717) is 26.3 Å². The maximum absolute atomic E-state index is 13.4. The molecule has 0 aliphatic carbocycles. The average Bonchev–Trinajstić information content (AvgIpc) is 3.03. The van der Waals surface area contributed by atoms with Crippen molar-refractivity contribution < 1.29 is 13.5 Å². The van der Waals surface area contributed by atoms with Gasteiger partial charge in [0.2, 0.25) is 0 Å². The van der Waals surface area contributed by atoms with Crippen LogP contribution in [0.3, 0.4) is 0 Å². The van der Waals surface area contributed by atoms with Gasteiger partial charge in [-0.3, -0.25) is 9.89 Å². The number of morpholine rings is 1. The van der Waals surface area contributed by atoms with Gasteiger partial charge in [-0.25, -0.2) is 4.39 Å². The first-order valence-corrected chi connectivity index (χ1v) is 9.64. The number of guanidine groups is 1. The fourth-order valence-corrected chi connectivity index (χ4v) is 3.48. The highest BCUT2D eigenvalue weighted by Crippen LogP contribution is 2.21. The third-order valence-electron chi connectivity index (χ3n) is 5.02. The van der Waals surface area contributed by atoms with Crippen molar-refractivity contribution in [2.45, 2.75) is 26.4 Å². The summed E-state index contributed by atoms with van der Waals surface area (Å²) in [6.07, 6.45) is 0. The third-order valence-corrected chi connectivity index (χ3v) is 5.02. The molecular formula is C21H30FIN4O2. The van der Waals surface area contributed by atoms with E-state index in [2.05, 4.69) is 20.5 Å².